The minimum absolute atomic E-state index is 0.0376. The molecule has 0 amide bonds. The van der Waals surface area contributed by atoms with E-state index in [0.29, 0.717) is 5.56 Å². The molecule has 0 unspecified atom stereocenters. The highest BCUT2D eigenvalue weighted by molar-refractivity contribution is 7.12. The maximum atomic E-state index is 12.9. The van der Waals surface area contributed by atoms with Crippen LogP contribution in [0.3, 0.4) is 0 Å². The van der Waals surface area contributed by atoms with Crippen molar-refractivity contribution in [2.45, 2.75) is 6.42 Å². The van der Waals surface area contributed by atoms with Gasteiger partial charge < -0.3 is 0 Å². The predicted octanol–water partition coefficient (Wildman–Crippen LogP) is 3.31. The van der Waals surface area contributed by atoms with Crippen molar-refractivity contribution in [3.8, 4) is 0 Å². The van der Waals surface area contributed by atoms with Gasteiger partial charge in [-0.05, 0) is 29.1 Å². The monoisotopic (exact) mass is 220 g/mol. The van der Waals surface area contributed by atoms with Crippen LogP contribution in [0.25, 0.3) is 0 Å². The van der Waals surface area contributed by atoms with Crippen LogP contribution in [-0.2, 0) is 6.42 Å². The van der Waals surface area contributed by atoms with Crippen LogP contribution in [0, 0.1) is 5.82 Å². The van der Waals surface area contributed by atoms with Crippen LogP contribution in [0.4, 0.5) is 4.39 Å². The van der Waals surface area contributed by atoms with Gasteiger partial charge in [-0.25, -0.2) is 4.39 Å². The Labute approximate surface area is 91.2 Å². The van der Waals surface area contributed by atoms with E-state index in [4.69, 9.17) is 0 Å². The van der Waals surface area contributed by atoms with Crippen LogP contribution in [0.2, 0.25) is 0 Å². The first-order valence-corrected chi connectivity index (χ1v) is 5.45. The Hall–Kier alpha value is -1.48. The fourth-order valence-corrected chi connectivity index (χ4v) is 2.02. The zero-order valence-corrected chi connectivity index (χ0v) is 8.76. The standard InChI is InChI=1S/C12H9FOS/c13-10-4-1-3-9(7-10)8-11(14)12-5-2-6-15-12/h1-7H,8H2. The molecule has 76 valence electrons. The number of ketones is 1. The highest BCUT2D eigenvalue weighted by Crippen LogP contribution is 2.13. The molecule has 1 nitrogen and oxygen atoms in total. The third-order valence-electron chi connectivity index (χ3n) is 2.05. The lowest BCUT2D eigenvalue weighted by molar-refractivity contribution is 0.0997. The Morgan fingerprint density at radius 1 is 1.27 bits per heavy atom. The molecule has 3 heteroatoms. The van der Waals surface area contributed by atoms with E-state index >= 15 is 0 Å². The molecule has 2 rings (SSSR count). The number of hydrogen-bond donors (Lipinski definition) is 0. The number of thiophene rings is 1. The molecule has 0 saturated carbocycles. The maximum Gasteiger partial charge on any atom is 0.177 e. The minimum atomic E-state index is -0.300. The van der Waals surface area contributed by atoms with Crippen molar-refractivity contribution in [3.63, 3.8) is 0 Å². The number of Topliss-reactive ketones (excluding diaryl/α,β-unsaturated/α-hetero) is 1. The lowest BCUT2D eigenvalue weighted by atomic mass is 10.1. The van der Waals surface area contributed by atoms with Crippen molar-refractivity contribution in [2.24, 2.45) is 0 Å². The van der Waals surface area contributed by atoms with Gasteiger partial charge in [-0.15, -0.1) is 11.3 Å². The predicted molar refractivity (Wildman–Crippen MR) is 58.8 cm³/mol. The summed E-state index contributed by atoms with van der Waals surface area (Å²) >= 11 is 1.41. The Morgan fingerprint density at radius 3 is 2.80 bits per heavy atom. The summed E-state index contributed by atoms with van der Waals surface area (Å²) in [4.78, 5) is 12.4. The maximum absolute atomic E-state index is 12.9. The highest BCUT2D eigenvalue weighted by atomic mass is 32.1. The van der Waals surface area contributed by atoms with Crippen molar-refractivity contribution in [1.82, 2.24) is 0 Å². The van der Waals surface area contributed by atoms with Gasteiger partial charge in [-0.3, -0.25) is 4.79 Å². The van der Waals surface area contributed by atoms with Crippen molar-refractivity contribution < 1.29 is 9.18 Å². The van der Waals surface area contributed by atoms with E-state index in [2.05, 4.69) is 0 Å². The summed E-state index contributed by atoms with van der Waals surface area (Å²) in [5.41, 5.74) is 0.716. The number of rotatable bonds is 3. The van der Waals surface area contributed by atoms with E-state index in [0.717, 1.165) is 4.88 Å². The third-order valence-corrected chi connectivity index (χ3v) is 2.96. The van der Waals surface area contributed by atoms with Gasteiger partial charge >= 0.3 is 0 Å². The van der Waals surface area contributed by atoms with E-state index in [9.17, 15) is 9.18 Å². The molecule has 1 aromatic heterocycles. The Balaban J connectivity index is 2.13. The molecule has 0 atom stereocenters. The molecule has 0 radical (unpaired) electrons. The largest absolute Gasteiger partial charge is 0.293 e. The van der Waals surface area contributed by atoms with Crippen LogP contribution in [-0.4, -0.2) is 5.78 Å². The van der Waals surface area contributed by atoms with Crippen LogP contribution < -0.4 is 0 Å². The Bertz CT molecular complexity index is 462. The average Bonchev–Trinajstić information content (AvgIpc) is 2.70. The quantitative estimate of drug-likeness (QED) is 0.725. The molecular weight excluding hydrogens is 211 g/mol. The molecule has 0 spiro atoms. The number of hydrogen-bond acceptors (Lipinski definition) is 2. The van der Waals surface area contributed by atoms with E-state index in [1.807, 2.05) is 11.4 Å². The lowest BCUT2D eigenvalue weighted by Crippen LogP contribution is -2.01. The van der Waals surface area contributed by atoms with E-state index in [1.165, 1.54) is 23.5 Å². The summed E-state index contributed by atoms with van der Waals surface area (Å²) < 4.78 is 12.9. The molecular formula is C12H9FOS. The fourth-order valence-electron chi connectivity index (χ4n) is 1.36. The molecule has 0 aliphatic carbocycles. The molecule has 0 aliphatic heterocycles. The van der Waals surface area contributed by atoms with Gasteiger partial charge in [0.25, 0.3) is 0 Å². The lowest BCUT2D eigenvalue weighted by Gasteiger charge is -1.98. The topological polar surface area (TPSA) is 17.1 Å². The SMILES string of the molecule is O=C(Cc1cccc(F)c1)c1cccs1. The number of carbonyl (C=O) groups excluding carboxylic acids is 1. The number of benzene rings is 1. The highest BCUT2D eigenvalue weighted by Gasteiger charge is 2.07. The molecule has 0 aliphatic rings. The Morgan fingerprint density at radius 2 is 2.13 bits per heavy atom. The van der Waals surface area contributed by atoms with E-state index in [1.54, 1.807) is 18.2 Å². The van der Waals surface area contributed by atoms with Crippen LogP contribution >= 0.6 is 11.3 Å². The normalized spacial score (nSPS) is 10.2. The first-order chi connectivity index (χ1) is 7.25. The van der Waals surface area contributed by atoms with Crippen LogP contribution in [0.5, 0.6) is 0 Å². The average molecular weight is 220 g/mol. The molecule has 0 fully saturated rings. The molecule has 0 bridgehead atoms. The summed E-state index contributed by atoms with van der Waals surface area (Å²) in [6.45, 7) is 0. The van der Waals surface area contributed by atoms with Gasteiger partial charge in [-0.1, -0.05) is 18.2 Å². The second-order valence-electron chi connectivity index (χ2n) is 3.21. The van der Waals surface area contributed by atoms with Crippen molar-refractivity contribution in [3.05, 3.63) is 58.0 Å². The van der Waals surface area contributed by atoms with Gasteiger partial charge in [0.1, 0.15) is 5.82 Å². The first kappa shape index (κ1) is 10.1. The van der Waals surface area contributed by atoms with E-state index < -0.39 is 0 Å². The van der Waals surface area contributed by atoms with Crippen molar-refractivity contribution in [1.29, 1.82) is 0 Å². The number of carbonyl (C=O) groups is 1. The fraction of sp³-hybridized carbons (Fsp3) is 0.0833. The molecule has 1 heterocycles. The van der Waals surface area contributed by atoms with E-state index in [-0.39, 0.29) is 18.0 Å². The molecule has 1 aromatic carbocycles. The second kappa shape index (κ2) is 4.36. The summed E-state index contributed by atoms with van der Waals surface area (Å²) in [5, 5.41) is 1.86. The van der Waals surface area contributed by atoms with Crippen LogP contribution in [0.15, 0.2) is 41.8 Å². The summed E-state index contributed by atoms with van der Waals surface area (Å²) in [5.74, 6) is -0.262. The molecule has 0 N–H and O–H groups in total. The number of halogens is 1. The van der Waals surface area contributed by atoms with Crippen LogP contribution in [0.1, 0.15) is 15.2 Å². The molecule has 2 aromatic rings. The van der Waals surface area contributed by atoms with Gasteiger partial charge in [-0.2, -0.15) is 0 Å². The summed E-state index contributed by atoms with van der Waals surface area (Å²) in [6.07, 6.45) is 0.262. The van der Waals surface area contributed by atoms with Crippen molar-refractivity contribution >= 4 is 17.1 Å². The smallest absolute Gasteiger partial charge is 0.177 e. The van der Waals surface area contributed by atoms with Gasteiger partial charge in [0.2, 0.25) is 0 Å². The van der Waals surface area contributed by atoms with Gasteiger partial charge in [0, 0.05) is 6.42 Å². The molecule has 0 saturated heterocycles. The zero-order valence-electron chi connectivity index (χ0n) is 7.94. The summed E-state index contributed by atoms with van der Waals surface area (Å²) in [7, 11) is 0. The molecule has 15 heavy (non-hydrogen) atoms. The van der Waals surface area contributed by atoms with Gasteiger partial charge in [0.15, 0.2) is 5.78 Å². The van der Waals surface area contributed by atoms with Gasteiger partial charge in [0.05, 0.1) is 4.88 Å². The zero-order chi connectivity index (χ0) is 10.7. The second-order valence-corrected chi connectivity index (χ2v) is 4.15. The Kier molecular flexibility index (Phi) is 2.92. The third kappa shape index (κ3) is 2.50. The van der Waals surface area contributed by atoms with Crippen molar-refractivity contribution in [2.75, 3.05) is 0 Å². The first-order valence-electron chi connectivity index (χ1n) is 4.57. The summed E-state index contributed by atoms with van der Waals surface area (Å²) in [6, 6.07) is 9.77. The minimum Gasteiger partial charge on any atom is -0.293 e.